The van der Waals surface area contributed by atoms with Crippen molar-refractivity contribution in [1.29, 1.82) is 0 Å². The maximum Gasteiger partial charge on any atom is 0.342 e. The van der Waals surface area contributed by atoms with Crippen molar-refractivity contribution in [3.63, 3.8) is 0 Å². The van der Waals surface area contributed by atoms with E-state index < -0.39 is 26.5 Å². The minimum absolute atomic E-state index is 0.177. The third-order valence-electron chi connectivity index (χ3n) is 7.93. The van der Waals surface area contributed by atoms with Crippen LogP contribution in [0.3, 0.4) is 0 Å². The summed E-state index contributed by atoms with van der Waals surface area (Å²) in [7, 11) is 0.242. The molecular weight excluding hydrogens is 625 g/mol. The van der Waals surface area contributed by atoms with Gasteiger partial charge < -0.3 is 23.4 Å². The second-order valence-electron chi connectivity index (χ2n) is 11.7. The van der Waals surface area contributed by atoms with Crippen molar-refractivity contribution in [2.75, 3.05) is 26.6 Å². The summed E-state index contributed by atoms with van der Waals surface area (Å²) in [6, 6.07) is 26.0. The highest BCUT2D eigenvalue weighted by atomic mass is 32.2. The summed E-state index contributed by atoms with van der Waals surface area (Å²) in [4.78, 5) is 17.6. The molecule has 0 spiro atoms. The van der Waals surface area contributed by atoms with Crippen LogP contribution in [0.1, 0.15) is 31.1 Å². The number of carbonyl (C=O) groups excluding carboxylic acids is 1. The Kier molecular flexibility index (Phi) is 10.3. The molecule has 0 N–H and O–H groups in total. The van der Waals surface area contributed by atoms with E-state index in [1.807, 2.05) is 12.1 Å². The lowest BCUT2D eigenvalue weighted by Crippen LogP contribution is -2.67. The fourth-order valence-electron chi connectivity index (χ4n) is 5.72. The molecule has 0 aliphatic carbocycles. The number of imidazole rings is 1. The quantitative estimate of drug-likeness (QED) is 0.127. The Bertz CT molecular complexity index is 1540. The van der Waals surface area contributed by atoms with E-state index in [0.29, 0.717) is 29.4 Å². The number of hydrogen-bond donors (Lipinski definition) is 0. The van der Waals surface area contributed by atoms with Crippen molar-refractivity contribution in [2.45, 2.75) is 43.3 Å². The van der Waals surface area contributed by atoms with Crippen molar-refractivity contribution in [1.82, 2.24) is 9.55 Å². The zero-order valence-corrected chi connectivity index (χ0v) is 28.7. The van der Waals surface area contributed by atoms with Gasteiger partial charge in [-0.15, -0.1) is 11.8 Å². The van der Waals surface area contributed by atoms with Crippen molar-refractivity contribution < 1.29 is 28.2 Å². The molecule has 3 aromatic carbocycles. The molecular formula is C34H38N2O6S2Si. The van der Waals surface area contributed by atoms with Gasteiger partial charge in [-0.25, -0.2) is 9.78 Å². The van der Waals surface area contributed by atoms with E-state index in [2.05, 4.69) is 74.3 Å². The standard InChI is InChI=1S/C34H38N2O6S2Si/c1-34(2,3)45(25-12-8-6-9-13-25,26-14-10-7-11-15-26)40-21-30-31(42-33(43)36-19-18-35-23-36)29(22-44-30)41-32(37)27-17-16-24(38-4)20-28(27)39-5/h6-20,23,29-31H,21-22H2,1-5H3. The normalized spacial score (nSPS) is 18.3. The van der Waals surface area contributed by atoms with E-state index in [-0.39, 0.29) is 15.5 Å². The monoisotopic (exact) mass is 662 g/mol. The van der Waals surface area contributed by atoms with E-state index in [9.17, 15) is 4.79 Å². The van der Waals surface area contributed by atoms with Crippen LogP contribution in [0.25, 0.3) is 0 Å². The summed E-state index contributed by atoms with van der Waals surface area (Å²) in [5.74, 6) is 0.932. The van der Waals surface area contributed by atoms with Crippen molar-refractivity contribution in [3.8, 4) is 11.5 Å². The van der Waals surface area contributed by atoms with Gasteiger partial charge in [0.1, 0.15) is 29.5 Å². The predicted octanol–water partition coefficient (Wildman–Crippen LogP) is 5.34. The van der Waals surface area contributed by atoms with E-state index in [1.165, 1.54) is 17.5 Å². The smallest absolute Gasteiger partial charge is 0.342 e. The van der Waals surface area contributed by atoms with Gasteiger partial charge in [-0.2, -0.15) is 0 Å². The van der Waals surface area contributed by atoms with Crippen molar-refractivity contribution in [3.05, 3.63) is 103 Å². The number of thiocarbonyl (C=S) groups is 1. The van der Waals surface area contributed by atoms with Crippen LogP contribution in [-0.2, 0) is 13.9 Å². The first kappa shape index (κ1) is 32.7. The molecule has 1 fully saturated rings. The van der Waals surface area contributed by atoms with Crippen molar-refractivity contribution in [2.24, 2.45) is 0 Å². The minimum Gasteiger partial charge on any atom is -0.497 e. The first-order chi connectivity index (χ1) is 21.7. The summed E-state index contributed by atoms with van der Waals surface area (Å²) in [6.07, 6.45) is 3.78. The highest BCUT2D eigenvalue weighted by Gasteiger charge is 2.52. The van der Waals surface area contributed by atoms with Gasteiger partial charge in [0, 0.05) is 24.2 Å². The third kappa shape index (κ3) is 6.96. The molecule has 1 aliphatic rings. The third-order valence-corrected chi connectivity index (χ3v) is 14.6. The summed E-state index contributed by atoms with van der Waals surface area (Å²) in [5, 5.41) is 2.22. The van der Waals surface area contributed by atoms with Gasteiger partial charge in [0.25, 0.3) is 13.5 Å². The van der Waals surface area contributed by atoms with Crippen LogP contribution < -0.4 is 19.8 Å². The lowest BCUT2D eigenvalue weighted by molar-refractivity contribution is -0.00341. The molecule has 0 bridgehead atoms. The van der Waals surface area contributed by atoms with Crippen LogP contribution >= 0.6 is 24.0 Å². The summed E-state index contributed by atoms with van der Waals surface area (Å²) in [5.41, 5.74) is 0.297. The van der Waals surface area contributed by atoms with E-state index in [0.717, 1.165) is 0 Å². The number of carbonyl (C=O) groups is 1. The number of thioether (sulfide) groups is 1. The molecule has 8 nitrogen and oxygen atoms in total. The molecule has 11 heteroatoms. The molecule has 1 aromatic heterocycles. The van der Waals surface area contributed by atoms with Crippen LogP contribution in [0.15, 0.2) is 97.6 Å². The van der Waals surface area contributed by atoms with Crippen LogP contribution in [-0.4, -0.2) is 73.0 Å². The van der Waals surface area contributed by atoms with Crippen LogP contribution in [0.2, 0.25) is 5.04 Å². The maximum absolute atomic E-state index is 13.5. The molecule has 2 heterocycles. The number of ether oxygens (including phenoxy) is 4. The Hall–Kier alpha value is -3.64. The van der Waals surface area contributed by atoms with Gasteiger partial charge in [-0.05, 0) is 39.8 Å². The molecule has 0 amide bonds. The van der Waals surface area contributed by atoms with Gasteiger partial charge in [-0.1, -0.05) is 81.4 Å². The van der Waals surface area contributed by atoms with E-state index >= 15 is 0 Å². The number of methoxy groups -OCH3 is 2. The lowest BCUT2D eigenvalue weighted by atomic mass is 10.1. The second-order valence-corrected chi connectivity index (χ2v) is 17.6. The average molecular weight is 663 g/mol. The molecule has 0 radical (unpaired) electrons. The first-order valence-electron chi connectivity index (χ1n) is 14.7. The highest BCUT2D eigenvalue weighted by Crippen LogP contribution is 2.39. The molecule has 3 unspecified atom stereocenters. The largest absolute Gasteiger partial charge is 0.497 e. The predicted molar refractivity (Wildman–Crippen MR) is 184 cm³/mol. The lowest BCUT2D eigenvalue weighted by Gasteiger charge is -2.43. The molecule has 0 saturated carbocycles. The van der Waals surface area contributed by atoms with E-state index in [4.69, 9.17) is 35.6 Å². The number of hydrogen-bond acceptors (Lipinski definition) is 9. The molecule has 1 aliphatic heterocycles. The molecule has 4 aromatic rings. The average Bonchev–Trinajstić information content (AvgIpc) is 3.72. The summed E-state index contributed by atoms with van der Waals surface area (Å²) < 4.78 is 32.2. The van der Waals surface area contributed by atoms with Gasteiger partial charge in [0.15, 0.2) is 6.10 Å². The second kappa shape index (κ2) is 14.2. The van der Waals surface area contributed by atoms with Crippen LogP contribution in [0, 0.1) is 0 Å². The number of nitrogens with zero attached hydrogens (tertiary/aromatic N) is 2. The topological polar surface area (TPSA) is 81.0 Å². The number of benzene rings is 3. The van der Waals surface area contributed by atoms with E-state index in [1.54, 1.807) is 60.4 Å². The minimum atomic E-state index is -2.82. The fraction of sp³-hybridized carbons (Fsp3) is 0.324. The Balaban J connectivity index is 1.45. The zero-order valence-electron chi connectivity index (χ0n) is 26.0. The Morgan fingerprint density at radius 3 is 2.20 bits per heavy atom. The fourth-order valence-corrected chi connectivity index (χ4v) is 11.9. The maximum atomic E-state index is 13.5. The van der Waals surface area contributed by atoms with Gasteiger partial charge in [0.2, 0.25) is 0 Å². The summed E-state index contributed by atoms with van der Waals surface area (Å²) in [6.45, 7) is 7.11. The van der Waals surface area contributed by atoms with Gasteiger partial charge in [-0.3, -0.25) is 4.57 Å². The molecule has 236 valence electrons. The van der Waals surface area contributed by atoms with Crippen LogP contribution in [0.5, 0.6) is 11.5 Å². The SMILES string of the molecule is COc1ccc(C(=O)OC2CSC(CO[Si](c3ccccc3)(c3ccccc3)C(C)(C)C)C2OC(=S)n2ccnc2)c(OC)c1. The Morgan fingerprint density at radius 2 is 1.64 bits per heavy atom. The Labute approximate surface area is 275 Å². The molecule has 1 saturated heterocycles. The highest BCUT2D eigenvalue weighted by molar-refractivity contribution is 8.00. The zero-order chi connectivity index (χ0) is 32.0. The summed E-state index contributed by atoms with van der Waals surface area (Å²) >= 11 is 7.30. The first-order valence-corrected chi connectivity index (χ1v) is 18.0. The Morgan fingerprint density at radius 1 is 0.978 bits per heavy atom. The van der Waals surface area contributed by atoms with Gasteiger partial charge in [0.05, 0.1) is 26.1 Å². The number of rotatable bonds is 10. The molecule has 5 rings (SSSR count). The molecule has 45 heavy (non-hydrogen) atoms. The van der Waals surface area contributed by atoms with Crippen molar-refractivity contribution >= 4 is 53.8 Å². The molecule has 3 atom stereocenters. The number of esters is 1. The van der Waals surface area contributed by atoms with Gasteiger partial charge >= 0.3 is 5.97 Å². The number of aromatic nitrogens is 2. The van der Waals surface area contributed by atoms with Crippen LogP contribution in [0.4, 0.5) is 0 Å².